The molecule has 0 saturated carbocycles. The number of carbonyl (C=O) groups excluding carboxylic acids is 3. The molecular formula is C20H14ClN3O4S. The predicted molar refractivity (Wildman–Crippen MR) is 110 cm³/mol. The van der Waals surface area contributed by atoms with E-state index >= 15 is 0 Å². The fraction of sp³-hybridized carbons (Fsp3) is 0.100. The molecule has 2 aromatic rings. The second-order valence-electron chi connectivity index (χ2n) is 5.84. The average molecular weight is 428 g/mol. The van der Waals surface area contributed by atoms with E-state index in [0.29, 0.717) is 22.0 Å². The van der Waals surface area contributed by atoms with Crippen LogP contribution in [0.25, 0.3) is 6.08 Å². The lowest BCUT2D eigenvalue weighted by Gasteiger charge is -2.12. The van der Waals surface area contributed by atoms with Crippen LogP contribution in [0.4, 0.5) is 10.5 Å². The van der Waals surface area contributed by atoms with E-state index in [1.165, 1.54) is 0 Å². The van der Waals surface area contributed by atoms with E-state index in [0.717, 1.165) is 16.7 Å². The van der Waals surface area contributed by atoms with Gasteiger partial charge in [0, 0.05) is 10.7 Å². The number of nitrogens with zero attached hydrogens (tertiary/aromatic N) is 2. The van der Waals surface area contributed by atoms with Crippen LogP contribution in [0.2, 0.25) is 5.02 Å². The minimum absolute atomic E-state index is 0.0592. The zero-order chi connectivity index (χ0) is 20.8. The predicted octanol–water partition coefficient (Wildman–Crippen LogP) is 3.92. The number of anilines is 1. The molecular weight excluding hydrogens is 414 g/mol. The highest BCUT2D eigenvalue weighted by Gasteiger charge is 2.36. The molecule has 7 nitrogen and oxygen atoms in total. The van der Waals surface area contributed by atoms with Crippen molar-refractivity contribution in [3.8, 4) is 11.8 Å². The van der Waals surface area contributed by atoms with Crippen LogP contribution in [0.5, 0.6) is 5.75 Å². The van der Waals surface area contributed by atoms with Crippen LogP contribution in [-0.2, 0) is 9.59 Å². The number of imide groups is 1. The first-order chi connectivity index (χ1) is 14.0. The van der Waals surface area contributed by atoms with Crippen LogP contribution in [-0.4, -0.2) is 35.1 Å². The first kappa shape index (κ1) is 20.5. The minimum Gasteiger partial charge on any atom is -0.479 e. The van der Waals surface area contributed by atoms with Gasteiger partial charge in [-0.25, -0.2) is 0 Å². The fourth-order valence-electron chi connectivity index (χ4n) is 2.44. The highest BCUT2D eigenvalue weighted by atomic mass is 35.5. The molecule has 0 bridgehead atoms. The van der Waals surface area contributed by atoms with Gasteiger partial charge in [0.15, 0.2) is 6.61 Å². The maximum atomic E-state index is 12.5. The monoisotopic (exact) mass is 427 g/mol. The molecule has 1 N–H and O–H groups in total. The molecule has 1 aliphatic heterocycles. The summed E-state index contributed by atoms with van der Waals surface area (Å²) in [5.41, 5.74) is 1.20. The molecule has 0 aliphatic carbocycles. The van der Waals surface area contributed by atoms with E-state index in [4.69, 9.17) is 21.6 Å². The maximum Gasteiger partial charge on any atom is 0.294 e. The quantitative estimate of drug-likeness (QED) is 0.701. The summed E-state index contributed by atoms with van der Waals surface area (Å²) in [7, 11) is 0. The number of benzene rings is 2. The number of rotatable bonds is 6. The first-order valence-corrected chi connectivity index (χ1v) is 9.56. The van der Waals surface area contributed by atoms with Crippen molar-refractivity contribution in [3.63, 3.8) is 0 Å². The highest BCUT2D eigenvalue weighted by molar-refractivity contribution is 8.18. The largest absolute Gasteiger partial charge is 0.479 e. The van der Waals surface area contributed by atoms with Gasteiger partial charge >= 0.3 is 0 Å². The normalized spacial score (nSPS) is 14.8. The summed E-state index contributed by atoms with van der Waals surface area (Å²) < 4.78 is 5.17. The van der Waals surface area contributed by atoms with Gasteiger partial charge in [-0.1, -0.05) is 23.7 Å². The van der Waals surface area contributed by atoms with Crippen molar-refractivity contribution in [3.05, 3.63) is 64.0 Å². The number of nitriles is 1. The molecule has 3 amide bonds. The average Bonchev–Trinajstić information content (AvgIpc) is 2.96. The smallest absolute Gasteiger partial charge is 0.294 e. The molecule has 3 rings (SSSR count). The molecule has 1 saturated heterocycles. The third-order valence-electron chi connectivity index (χ3n) is 3.78. The molecule has 0 spiro atoms. The van der Waals surface area contributed by atoms with Gasteiger partial charge < -0.3 is 10.1 Å². The lowest BCUT2D eigenvalue weighted by atomic mass is 10.2. The second-order valence-corrected chi connectivity index (χ2v) is 7.27. The summed E-state index contributed by atoms with van der Waals surface area (Å²) in [5, 5.41) is 11.1. The Labute approximate surface area is 175 Å². The summed E-state index contributed by atoms with van der Waals surface area (Å²) in [5.74, 6) is -0.499. The van der Waals surface area contributed by atoms with E-state index in [-0.39, 0.29) is 18.1 Å². The Kier molecular flexibility index (Phi) is 6.54. The summed E-state index contributed by atoms with van der Waals surface area (Å²) in [6, 6.07) is 15.1. The number of nitrogens with one attached hydrogen (secondary N) is 1. The maximum absolute atomic E-state index is 12.5. The van der Waals surface area contributed by atoms with Gasteiger partial charge in [-0.15, -0.1) is 0 Å². The van der Waals surface area contributed by atoms with Crippen LogP contribution in [0, 0.1) is 11.3 Å². The molecule has 0 atom stereocenters. The molecule has 9 heteroatoms. The van der Waals surface area contributed by atoms with Crippen LogP contribution >= 0.6 is 23.4 Å². The number of hydrogen-bond acceptors (Lipinski definition) is 6. The molecule has 1 heterocycles. The van der Waals surface area contributed by atoms with Gasteiger partial charge in [-0.3, -0.25) is 19.3 Å². The Morgan fingerprint density at radius 2 is 1.86 bits per heavy atom. The van der Waals surface area contributed by atoms with Crippen molar-refractivity contribution in [1.29, 1.82) is 5.26 Å². The molecule has 0 unspecified atom stereocenters. The van der Waals surface area contributed by atoms with Crippen LogP contribution in [0.15, 0.2) is 53.4 Å². The zero-order valence-corrected chi connectivity index (χ0v) is 16.5. The molecule has 2 aromatic carbocycles. The van der Waals surface area contributed by atoms with Crippen molar-refractivity contribution >= 4 is 52.2 Å². The number of halogens is 1. The molecule has 0 radical (unpaired) electrons. The topological polar surface area (TPSA) is 99.5 Å². The van der Waals surface area contributed by atoms with Crippen LogP contribution in [0.3, 0.4) is 0 Å². The Morgan fingerprint density at radius 1 is 1.17 bits per heavy atom. The summed E-state index contributed by atoms with van der Waals surface area (Å²) in [4.78, 5) is 38.0. The Bertz CT molecular complexity index is 1010. The van der Waals surface area contributed by atoms with Crippen molar-refractivity contribution in [2.24, 2.45) is 0 Å². The third kappa shape index (κ3) is 5.38. The van der Waals surface area contributed by atoms with Gasteiger partial charge in [0.1, 0.15) is 18.4 Å². The van der Waals surface area contributed by atoms with E-state index in [1.54, 1.807) is 54.6 Å². The molecule has 29 heavy (non-hydrogen) atoms. The number of ether oxygens (including phenoxy) is 1. The van der Waals surface area contributed by atoms with Crippen LogP contribution < -0.4 is 10.1 Å². The highest BCUT2D eigenvalue weighted by Crippen LogP contribution is 2.32. The molecule has 0 aromatic heterocycles. The minimum atomic E-state index is -0.531. The van der Waals surface area contributed by atoms with Crippen LogP contribution in [0.1, 0.15) is 5.56 Å². The van der Waals surface area contributed by atoms with Gasteiger partial charge in [0.25, 0.3) is 11.1 Å². The summed E-state index contributed by atoms with van der Waals surface area (Å²) in [6.07, 6.45) is 1.57. The van der Waals surface area contributed by atoms with E-state index in [1.807, 2.05) is 6.07 Å². The van der Waals surface area contributed by atoms with Crippen molar-refractivity contribution in [2.45, 2.75) is 0 Å². The standard InChI is InChI=1S/C20H14ClN3O4S/c21-14-3-5-15(6-4-14)23-18(25)12-24-19(26)17(29-20(24)27)11-13-1-7-16(8-2-13)28-10-9-22/h1-8,11H,10,12H2,(H,23,25)/b17-11-. The van der Waals surface area contributed by atoms with Crippen molar-refractivity contribution in [2.75, 3.05) is 18.5 Å². The second kappa shape index (κ2) is 9.28. The SMILES string of the molecule is N#CCOc1ccc(/C=C2\SC(=O)N(CC(=O)Nc3ccc(Cl)cc3)C2=O)cc1. The Hall–Kier alpha value is -3.28. The third-order valence-corrected chi connectivity index (χ3v) is 4.94. The Balaban J connectivity index is 1.64. The van der Waals surface area contributed by atoms with E-state index < -0.39 is 17.1 Å². The lowest BCUT2D eigenvalue weighted by molar-refractivity contribution is -0.127. The van der Waals surface area contributed by atoms with Gasteiger partial charge in [-0.05, 0) is 59.8 Å². The summed E-state index contributed by atoms with van der Waals surface area (Å²) >= 11 is 6.57. The van der Waals surface area contributed by atoms with Gasteiger partial charge in [0.05, 0.1) is 4.91 Å². The number of carbonyl (C=O) groups is 3. The number of amides is 3. The fourth-order valence-corrected chi connectivity index (χ4v) is 3.41. The van der Waals surface area contributed by atoms with E-state index in [9.17, 15) is 14.4 Å². The zero-order valence-electron chi connectivity index (χ0n) is 14.9. The molecule has 1 aliphatic rings. The van der Waals surface area contributed by atoms with Gasteiger partial charge in [-0.2, -0.15) is 5.26 Å². The molecule has 1 fully saturated rings. The molecule has 146 valence electrons. The number of hydrogen-bond donors (Lipinski definition) is 1. The lowest BCUT2D eigenvalue weighted by Crippen LogP contribution is -2.36. The van der Waals surface area contributed by atoms with Crippen molar-refractivity contribution < 1.29 is 19.1 Å². The summed E-state index contributed by atoms with van der Waals surface area (Å²) in [6.45, 7) is -0.443. The van der Waals surface area contributed by atoms with Crippen molar-refractivity contribution in [1.82, 2.24) is 4.90 Å². The van der Waals surface area contributed by atoms with Gasteiger partial charge in [0.2, 0.25) is 5.91 Å². The Morgan fingerprint density at radius 3 is 2.52 bits per heavy atom. The number of thioether (sulfide) groups is 1. The van der Waals surface area contributed by atoms with E-state index in [2.05, 4.69) is 5.32 Å². The first-order valence-electron chi connectivity index (χ1n) is 8.37.